The number of aliphatic imine (C=N–C) groups is 1. The molecule has 0 saturated heterocycles. The van der Waals surface area contributed by atoms with Gasteiger partial charge in [0.15, 0.2) is 11.6 Å². The van der Waals surface area contributed by atoms with Crippen LogP contribution in [0.25, 0.3) is 0 Å². The van der Waals surface area contributed by atoms with E-state index in [4.69, 9.17) is 18.9 Å². The lowest BCUT2D eigenvalue weighted by molar-refractivity contribution is -0.384. The standard InChI is InChI=1S/C22H19F2N3O8/c1-32-11-17-18(20(28)33-2)19(12-4-9-15(23)16(24)10-12)26(21(25-17)34-3)22(29)35-14-7-5-13(6-8-14)27(30)31/h4-10,19H,11H2,1-3H3. The molecule has 0 aliphatic carbocycles. The predicted molar refractivity (Wildman–Crippen MR) is 115 cm³/mol. The van der Waals surface area contributed by atoms with Crippen LogP contribution < -0.4 is 4.74 Å². The predicted octanol–water partition coefficient (Wildman–Crippen LogP) is 3.50. The summed E-state index contributed by atoms with van der Waals surface area (Å²) in [5, 5.41) is 10.9. The summed E-state index contributed by atoms with van der Waals surface area (Å²) in [6.45, 7) is -0.206. The van der Waals surface area contributed by atoms with E-state index in [1.165, 1.54) is 32.4 Å². The first-order valence-electron chi connectivity index (χ1n) is 9.85. The Morgan fingerprint density at radius 1 is 1.09 bits per heavy atom. The Kier molecular flexibility index (Phi) is 7.71. The molecule has 11 nitrogen and oxygen atoms in total. The first kappa shape index (κ1) is 25.2. The van der Waals surface area contributed by atoms with Crippen molar-refractivity contribution in [2.24, 2.45) is 4.99 Å². The average Bonchev–Trinajstić information content (AvgIpc) is 2.84. The highest BCUT2D eigenvalue weighted by Gasteiger charge is 2.43. The Hall–Kier alpha value is -4.39. The summed E-state index contributed by atoms with van der Waals surface area (Å²) < 4.78 is 48.3. The Labute approximate surface area is 197 Å². The maximum Gasteiger partial charge on any atom is 0.424 e. The molecule has 1 aliphatic rings. The minimum absolute atomic E-state index is 0.0188. The number of hydrogen-bond donors (Lipinski definition) is 0. The van der Waals surface area contributed by atoms with Crippen LogP contribution >= 0.6 is 0 Å². The van der Waals surface area contributed by atoms with Gasteiger partial charge in [-0.1, -0.05) is 6.07 Å². The minimum atomic E-state index is -1.42. The molecule has 1 atom stereocenters. The summed E-state index contributed by atoms with van der Waals surface area (Å²) in [5.41, 5.74) is -0.447. The van der Waals surface area contributed by atoms with E-state index in [0.29, 0.717) is 0 Å². The number of hydrogen-bond acceptors (Lipinski definition) is 9. The van der Waals surface area contributed by atoms with Crippen LogP contribution in [0.4, 0.5) is 19.3 Å². The number of ether oxygens (including phenoxy) is 4. The molecule has 0 radical (unpaired) electrons. The van der Waals surface area contributed by atoms with Crippen molar-refractivity contribution in [3.63, 3.8) is 0 Å². The fourth-order valence-corrected chi connectivity index (χ4v) is 3.32. The molecular weight excluding hydrogens is 472 g/mol. The van der Waals surface area contributed by atoms with Crippen LogP contribution in [-0.4, -0.2) is 55.8 Å². The van der Waals surface area contributed by atoms with Gasteiger partial charge in [0, 0.05) is 19.2 Å². The molecule has 0 fully saturated rings. The monoisotopic (exact) mass is 491 g/mol. The van der Waals surface area contributed by atoms with Crippen molar-refractivity contribution in [2.75, 3.05) is 27.9 Å². The van der Waals surface area contributed by atoms with Crippen molar-refractivity contribution in [1.82, 2.24) is 4.90 Å². The lowest BCUT2D eigenvalue weighted by atomic mass is 9.94. The van der Waals surface area contributed by atoms with Crippen LogP contribution in [0.1, 0.15) is 11.6 Å². The number of carbonyl (C=O) groups is 2. The normalized spacial score (nSPS) is 15.4. The van der Waals surface area contributed by atoms with Crippen molar-refractivity contribution < 1.29 is 42.2 Å². The number of amidine groups is 1. The largest absolute Gasteiger partial charge is 0.468 e. The number of amides is 1. The number of carbonyl (C=O) groups excluding carboxylic acids is 2. The zero-order valence-corrected chi connectivity index (χ0v) is 18.7. The van der Waals surface area contributed by atoms with Gasteiger partial charge in [0.1, 0.15) is 11.8 Å². The van der Waals surface area contributed by atoms with Crippen LogP contribution in [-0.2, 0) is 19.0 Å². The minimum Gasteiger partial charge on any atom is -0.468 e. The summed E-state index contributed by atoms with van der Waals surface area (Å²) >= 11 is 0. The SMILES string of the molecule is COCC1=C(C(=O)OC)C(c2ccc(F)c(F)c2)N(C(=O)Oc2ccc([N+](=O)[O-])cc2)C(OC)=N1. The van der Waals surface area contributed by atoms with Gasteiger partial charge in [-0.05, 0) is 29.8 Å². The van der Waals surface area contributed by atoms with Gasteiger partial charge in [0.25, 0.3) is 5.69 Å². The van der Waals surface area contributed by atoms with E-state index in [-0.39, 0.29) is 40.9 Å². The summed E-state index contributed by atoms with van der Waals surface area (Å²) in [6.07, 6.45) is -1.13. The fourth-order valence-electron chi connectivity index (χ4n) is 3.32. The molecule has 2 aromatic rings. The van der Waals surface area contributed by atoms with Crippen molar-refractivity contribution in [3.05, 3.63) is 81.0 Å². The van der Waals surface area contributed by atoms with Gasteiger partial charge in [-0.2, -0.15) is 4.99 Å². The smallest absolute Gasteiger partial charge is 0.424 e. The van der Waals surface area contributed by atoms with Crippen LogP contribution in [0.3, 0.4) is 0 Å². The lowest BCUT2D eigenvalue weighted by Crippen LogP contribution is -2.47. The molecule has 1 unspecified atom stereocenters. The maximum atomic E-state index is 14.2. The number of esters is 1. The van der Waals surface area contributed by atoms with Crippen LogP contribution in [0, 0.1) is 21.7 Å². The molecule has 3 rings (SSSR count). The molecule has 35 heavy (non-hydrogen) atoms. The summed E-state index contributed by atoms with van der Waals surface area (Å²) in [4.78, 5) is 41.2. The van der Waals surface area contributed by atoms with Gasteiger partial charge in [-0.3, -0.25) is 10.1 Å². The van der Waals surface area contributed by atoms with Gasteiger partial charge < -0.3 is 18.9 Å². The number of halogens is 2. The van der Waals surface area contributed by atoms with Gasteiger partial charge >= 0.3 is 18.1 Å². The van der Waals surface area contributed by atoms with Gasteiger partial charge in [0.05, 0.1) is 37.0 Å². The van der Waals surface area contributed by atoms with Crippen molar-refractivity contribution in [3.8, 4) is 5.75 Å². The zero-order valence-electron chi connectivity index (χ0n) is 18.7. The zero-order chi connectivity index (χ0) is 25.7. The number of nitro benzene ring substituents is 1. The second-order valence-electron chi connectivity index (χ2n) is 6.95. The highest BCUT2D eigenvalue weighted by atomic mass is 19.2. The summed E-state index contributed by atoms with van der Waals surface area (Å²) in [6, 6.07) is 5.65. The molecule has 1 aliphatic heterocycles. The number of non-ortho nitro benzene ring substituents is 1. The number of benzene rings is 2. The Morgan fingerprint density at radius 3 is 2.31 bits per heavy atom. The topological polar surface area (TPSA) is 130 Å². The highest BCUT2D eigenvalue weighted by molar-refractivity contribution is 6.00. The summed E-state index contributed by atoms with van der Waals surface area (Å²) in [5.74, 6) is -3.37. The molecular formula is C22H19F2N3O8. The van der Waals surface area contributed by atoms with Gasteiger partial charge in [-0.15, -0.1) is 0 Å². The van der Waals surface area contributed by atoms with E-state index >= 15 is 0 Å². The lowest BCUT2D eigenvalue weighted by Gasteiger charge is -2.35. The molecule has 0 spiro atoms. The van der Waals surface area contributed by atoms with Crippen LogP contribution in [0.15, 0.2) is 58.7 Å². The molecule has 0 bridgehead atoms. The van der Waals surface area contributed by atoms with E-state index < -0.39 is 34.7 Å². The molecule has 0 N–H and O–H groups in total. The molecule has 1 amide bonds. The van der Waals surface area contributed by atoms with E-state index in [0.717, 1.165) is 36.3 Å². The van der Waals surface area contributed by atoms with Crippen molar-refractivity contribution >= 4 is 23.8 Å². The van der Waals surface area contributed by atoms with Crippen molar-refractivity contribution in [1.29, 1.82) is 0 Å². The molecule has 13 heteroatoms. The van der Waals surface area contributed by atoms with E-state index in [9.17, 15) is 28.5 Å². The van der Waals surface area contributed by atoms with Gasteiger partial charge in [0.2, 0.25) is 0 Å². The van der Waals surface area contributed by atoms with E-state index in [2.05, 4.69) is 4.99 Å². The number of nitrogens with zero attached hydrogens (tertiary/aromatic N) is 3. The summed E-state index contributed by atoms with van der Waals surface area (Å²) in [7, 11) is 3.63. The molecule has 184 valence electrons. The Morgan fingerprint density at radius 2 is 1.77 bits per heavy atom. The third-order valence-electron chi connectivity index (χ3n) is 4.86. The number of methoxy groups -OCH3 is 3. The highest BCUT2D eigenvalue weighted by Crippen LogP contribution is 2.37. The van der Waals surface area contributed by atoms with Gasteiger partial charge in [-0.25, -0.2) is 23.3 Å². The van der Waals surface area contributed by atoms with Crippen LogP contribution in [0.5, 0.6) is 5.75 Å². The molecule has 1 heterocycles. The third kappa shape index (κ3) is 5.24. The van der Waals surface area contributed by atoms with Crippen LogP contribution in [0.2, 0.25) is 0 Å². The number of rotatable bonds is 6. The average molecular weight is 491 g/mol. The van der Waals surface area contributed by atoms with E-state index in [1.807, 2.05) is 0 Å². The quantitative estimate of drug-likeness (QED) is 0.341. The maximum absolute atomic E-state index is 14.2. The second-order valence-corrected chi connectivity index (χ2v) is 6.95. The fraction of sp³-hybridized carbons (Fsp3) is 0.227. The molecule has 0 saturated carbocycles. The third-order valence-corrected chi connectivity index (χ3v) is 4.86. The van der Waals surface area contributed by atoms with E-state index in [1.54, 1.807) is 0 Å². The second kappa shape index (κ2) is 10.7. The van der Waals surface area contributed by atoms with Crippen molar-refractivity contribution in [2.45, 2.75) is 6.04 Å². The molecule has 0 aromatic heterocycles. The first-order valence-corrected chi connectivity index (χ1v) is 9.85. The first-order chi connectivity index (χ1) is 16.7. The Balaban J connectivity index is 2.14. The Bertz CT molecular complexity index is 1210. The number of nitro groups is 1. The molecule has 2 aromatic carbocycles.